The molecule has 1 N–H and O–H groups in total. The van der Waals surface area contributed by atoms with Gasteiger partial charge >= 0.3 is 0 Å². The van der Waals surface area contributed by atoms with E-state index in [1.807, 2.05) is 6.92 Å². The van der Waals surface area contributed by atoms with Crippen molar-refractivity contribution in [2.24, 2.45) is 0 Å². The van der Waals surface area contributed by atoms with Crippen molar-refractivity contribution in [2.45, 2.75) is 19.8 Å². The van der Waals surface area contributed by atoms with Crippen LogP contribution in [0.25, 0.3) is 0 Å². The lowest BCUT2D eigenvalue weighted by atomic mass is 10.4. The summed E-state index contributed by atoms with van der Waals surface area (Å²) in [6, 6.07) is 0. The molecule has 0 spiro atoms. The van der Waals surface area contributed by atoms with Crippen LogP contribution in [0, 0.1) is 5.44 Å². The van der Waals surface area contributed by atoms with E-state index in [1.165, 1.54) is 0 Å². The zero-order valence-corrected chi connectivity index (χ0v) is 4.70. The molecule has 0 aromatic carbocycles. The van der Waals surface area contributed by atoms with E-state index in [-0.39, 0.29) is 5.44 Å². The van der Waals surface area contributed by atoms with Crippen molar-refractivity contribution in [3.8, 4) is 0 Å². The molecule has 0 fully saturated rings. The summed E-state index contributed by atoms with van der Waals surface area (Å²) in [4.78, 5) is 0. The van der Waals surface area contributed by atoms with Crippen LogP contribution in [0.5, 0.6) is 0 Å². The number of aliphatic hydroxyl groups excluding tert-OH is 1. The quantitative estimate of drug-likeness (QED) is 0.511. The van der Waals surface area contributed by atoms with Crippen molar-refractivity contribution in [3.63, 3.8) is 0 Å². The maximum absolute atomic E-state index is 8.33. The van der Waals surface area contributed by atoms with E-state index in [4.69, 9.17) is 5.11 Å². The van der Waals surface area contributed by atoms with Gasteiger partial charge in [0.05, 0.1) is 0 Å². The normalized spacial score (nSPS) is 10.0. The van der Waals surface area contributed by atoms with Crippen molar-refractivity contribution in [2.75, 3.05) is 0 Å². The highest BCUT2D eigenvalue weighted by Crippen LogP contribution is 2.06. The number of aliphatic hydroxyl groups is 1. The number of hydrogen-bond donors (Lipinski definition) is 2. The molecule has 0 aliphatic carbocycles. The van der Waals surface area contributed by atoms with Crippen LogP contribution in [0.1, 0.15) is 19.8 Å². The van der Waals surface area contributed by atoms with E-state index < -0.39 is 0 Å². The highest BCUT2D eigenvalue weighted by atomic mass is 32.1. The maximum Gasteiger partial charge on any atom is 0.145 e. The fraction of sp³-hybridized carbons (Fsp3) is 0.750. The lowest BCUT2D eigenvalue weighted by Crippen LogP contribution is -1.80. The third-order valence-electron chi connectivity index (χ3n) is 0.474. The summed E-state index contributed by atoms with van der Waals surface area (Å²) in [6.45, 7) is 1.99. The van der Waals surface area contributed by atoms with Crippen molar-refractivity contribution in [3.05, 3.63) is 5.44 Å². The van der Waals surface area contributed by atoms with Crippen LogP contribution in [-0.4, -0.2) is 5.11 Å². The molecule has 6 heavy (non-hydrogen) atoms. The van der Waals surface area contributed by atoms with Gasteiger partial charge in [-0.05, 0) is 6.42 Å². The molecule has 0 aliphatic rings. The Kier molecular flexibility index (Phi) is 3.68. The first kappa shape index (κ1) is 6.31. The van der Waals surface area contributed by atoms with Crippen LogP contribution in [-0.2, 0) is 0 Å². The first-order valence-corrected chi connectivity index (χ1v) is 2.46. The van der Waals surface area contributed by atoms with Crippen molar-refractivity contribution < 1.29 is 5.11 Å². The molecule has 0 aliphatic heterocycles. The second-order valence-electron chi connectivity index (χ2n) is 1.17. The summed E-state index contributed by atoms with van der Waals surface area (Å²) in [5.41, 5.74) is 0.234. The fourth-order valence-electron chi connectivity index (χ4n) is 0.224. The summed E-state index contributed by atoms with van der Waals surface area (Å²) < 4.78 is 0. The van der Waals surface area contributed by atoms with Crippen LogP contribution < -0.4 is 0 Å². The summed E-state index contributed by atoms with van der Waals surface area (Å²) in [7, 11) is 0. The Morgan fingerprint density at radius 3 is 2.33 bits per heavy atom. The summed E-state index contributed by atoms with van der Waals surface area (Å²) in [5.74, 6) is 0. The molecule has 0 saturated heterocycles. The van der Waals surface area contributed by atoms with E-state index in [1.54, 1.807) is 0 Å². The van der Waals surface area contributed by atoms with E-state index in [9.17, 15) is 0 Å². The summed E-state index contributed by atoms with van der Waals surface area (Å²) >= 11 is 3.65. The Morgan fingerprint density at radius 2 is 2.33 bits per heavy atom. The lowest BCUT2D eigenvalue weighted by molar-refractivity contribution is 0.351. The third kappa shape index (κ3) is 4.31. The van der Waals surface area contributed by atoms with Crippen LogP contribution in [0.2, 0.25) is 0 Å². The molecule has 0 heterocycles. The summed E-state index contributed by atoms with van der Waals surface area (Å²) in [6.07, 6.45) is 1.68. The lowest BCUT2D eigenvalue weighted by Gasteiger charge is -1.92. The highest BCUT2D eigenvalue weighted by Gasteiger charge is 1.90. The van der Waals surface area contributed by atoms with Crippen LogP contribution in [0.3, 0.4) is 0 Å². The van der Waals surface area contributed by atoms with Gasteiger partial charge in [-0.1, -0.05) is 13.3 Å². The molecule has 1 nitrogen and oxygen atoms in total. The first-order valence-electron chi connectivity index (χ1n) is 2.01. The molecule has 0 bridgehead atoms. The Bertz CT molecular complexity index is 28.7. The SMILES string of the molecule is CCC[C](O)S. The fourth-order valence-corrected chi connectivity index (χ4v) is 0.447. The molecule has 0 saturated carbocycles. The maximum atomic E-state index is 8.33. The van der Waals surface area contributed by atoms with Gasteiger partial charge in [0.1, 0.15) is 5.44 Å². The van der Waals surface area contributed by atoms with E-state index >= 15 is 0 Å². The van der Waals surface area contributed by atoms with Gasteiger partial charge in [0, 0.05) is 0 Å². The number of thiol groups is 1. The van der Waals surface area contributed by atoms with E-state index in [0.29, 0.717) is 6.42 Å². The molecule has 0 unspecified atom stereocenters. The topological polar surface area (TPSA) is 20.2 Å². The minimum atomic E-state index is 0.234. The third-order valence-corrected chi connectivity index (χ3v) is 0.697. The van der Waals surface area contributed by atoms with Gasteiger partial charge in [-0.3, -0.25) is 0 Å². The Labute approximate surface area is 43.8 Å². The molecular formula is C4H9OS. The monoisotopic (exact) mass is 105 g/mol. The van der Waals surface area contributed by atoms with Gasteiger partial charge in [-0.25, -0.2) is 0 Å². The Hall–Kier alpha value is 0.310. The van der Waals surface area contributed by atoms with Gasteiger partial charge < -0.3 is 5.11 Å². The van der Waals surface area contributed by atoms with Gasteiger partial charge in [-0.2, -0.15) is 0 Å². The minimum absolute atomic E-state index is 0.234. The van der Waals surface area contributed by atoms with Crippen LogP contribution >= 0.6 is 12.6 Å². The van der Waals surface area contributed by atoms with Crippen molar-refractivity contribution in [1.29, 1.82) is 0 Å². The molecule has 2 heteroatoms. The van der Waals surface area contributed by atoms with Crippen molar-refractivity contribution >= 4 is 12.6 Å². The predicted octanol–water partition coefficient (Wildman–Crippen LogP) is 1.58. The zero-order chi connectivity index (χ0) is 4.99. The molecule has 37 valence electrons. The Morgan fingerprint density at radius 1 is 1.83 bits per heavy atom. The predicted molar refractivity (Wildman–Crippen MR) is 29.1 cm³/mol. The number of hydrogen-bond acceptors (Lipinski definition) is 2. The molecule has 0 atom stereocenters. The molecule has 0 rings (SSSR count). The molecule has 0 amide bonds. The minimum Gasteiger partial charge on any atom is -0.376 e. The van der Waals surface area contributed by atoms with Crippen LogP contribution in [0.4, 0.5) is 0 Å². The van der Waals surface area contributed by atoms with E-state index in [0.717, 1.165) is 6.42 Å². The average molecular weight is 105 g/mol. The van der Waals surface area contributed by atoms with Gasteiger partial charge in [0.15, 0.2) is 0 Å². The standard InChI is InChI=1S/C4H9OS/c1-2-3-4(5)6/h5-6H,2-3H2,1H3. The molecule has 0 aromatic heterocycles. The second kappa shape index (κ2) is 3.50. The van der Waals surface area contributed by atoms with E-state index in [2.05, 4.69) is 12.6 Å². The largest absolute Gasteiger partial charge is 0.376 e. The Balaban J connectivity index is 2.63. The van der Waals surface area contributed by atoms with Crippen molar-refractivity contribution in [1.82, 2.24) is 0 Å². The van der Waals surface area contributed by atoms with Crippen LogP contribution in [0.15, 0.2) is 0 Å². The molecule has 1 radical (unpaired) electrons. The van der Waals surface area contributed by atoms with Gasteiger partial charge in [-0.15, -0.1) is 12.6 Å². The number of rotatable bonds is 2. The second-order valence-corrected chi connectivity index (χ2v) is 1.68. The summed E-state index contributed by atoms with van der Waals surface area (Å²) in [5, 5.41) is 8.33. The van der Waals surface area contributed by atoms with Gasteiger partial charge in [0.2, 0.25) is 0 Å². The smallest absolute Gasteiger partial charge is 0.145 e. The van der Waals surface area contributed by atoms with Gasteiger partial charge in [0.25, 0.3) is 0 Å². The average Bonchev–Trinajstić information content (AvgIpc) is 1.35. The highest BCUT2D eigenvalue weighted by molar-refractivity contribution is 7.83. The molecule has 0 aromatic rings. The zero-order valence-electron chi connectivity index (χ0n) is 3.81. The first-order chi connectivity index (χ1) is 2.77. The molecular weight excluding hydrogens is 96.1 g/mol.